The second-order valence-electron chi connectivity index (χ2n) is 5.12. The van der Waals surface area contributed by atoms with Crippen molar-refractivity contribution in [3.05, 3.63) is 46.4 Å². The van der Waals surface area contributed by atoms with Crippen molar-refractivity contribution in [2.45, 2.75) is 0 Å². The third kappa shape index (κ3) is 5.45. The molecule has 27 heavy (non-hydrogen) atoms. The number of hydrazone groups is 1. The molecular formula is C18H18BrN3O5. The predicted molar refractivity (Wildman–Crippen MR) is 105 cm³/mol. The maximum Gasteiger partial charge on any atom is 0.329 e. The number of rotatable bonds is 6. The quantitative estimate of drug-likeness (QED) is 0.412. The van der Waals surface area contributed by atoms with Crippen LogP contribution in [0.5, 0.6) is 17.2 Å². The Morgan fingerprint density at radius 2 is 1.67 bits per heavy atom. The van der Waals surface area contributed by atoms with E-state index in [9.17, 15) is 9.59 Å². The van der Waals surface area contributed by atoms with Crippen LogP contribution >= 0.6 is 15.9 Å². The highest BCUT2D eigenvalue weighted by atomic mass is 79.9. The topological polar surface area (TPSA) is 98.2 Å². The van der Waals surface area contributed by atoms with Gasteiger partial charge in [-0.15, -0.1) is 0 Å². The van der Waals surface area contributed by atoms with E-state index in [1.165, 1.54) is 27.5 Å². The molecule has 8 nitrogen and oxygen atoms in total. The molecule has 2 rings (SSSR count). The number of anilines is 1. The number of hydrogen-bond acceptors (Lipinski definition) is 6. The molecule has 2 amide bonds. The summed E-state index contributed by atoms with van der Waals surface area (Å²) in [5, 5.41) is 6.25. The SMILES string of the molecule is COc1cc(/C=N\NC(=O)C(=O)Nc2cccc(Br)c2)cc(OC)c1OC. The maximum absolute atomic E-state index is 11.9. The summed E-state index contributed by atoms with van der Waals surface area (Å²) in [6.07, 6.45) is 1.36. The summed E-state index contributed by atoms with van der Waals surface area (Å²) in [6.45, 7) is 0. The van der Waals surface area contributed by atoms with Crippen LogP contribution < -0.4 is 25.0 Å². The van der Waals surface area contributed by atoms with Crippen molar-refractivity contribution in [3.63, 3.8) is 0 Å². The molecule has 142 valence electrons. The number of nitrogens with one attached hydrogen (secondary N) is 2. The molecule has 0 aliphatic heterocycles. The van der Waals surface area contributed by atoms with Crippen LogP contribution in [0, 0.1) is 0 Å². The molecule has 0 heterocycles. The Kier molecular flexibility index (Phi) is 7.18. The first-order chi connectivity index (χ1) is 13.0. The van der Waals surface area contributed by atoms with Crippen molar-refractivity contribution >= 4 is 39.6 Å². The highest BCUT2D eigenvalue weighted by molar-refractivity contribution is 9.10. The van der Waals surface area contributed by atoms with Gasteiger partial charge >= 0.3 is 11.8 Å². The van der Waals surface area contributed by atoms with Crippen LogP contribution in [-0.4, -0.2) is 39.4 Å². The Balaban J connectivity index is 2.03. The van der Waals surface area contributed by atoms with Crippen molar-refractivity contribution in [1.82, 2.24) is 5.43 Å². The normalized spacial score (nSPS) is 10.4. The molecule has 0 atom stereocenters. The highest BCUT2D eigenvalue weighted by Crippen LogP contribution is 2.37. The molecule has 0 aliphatic carbocycles. The first-order valence-corrected chi connectivity index (χ1v) is 8.47. The Bertz CT molecular complexity index is 845. The van der Waals surface area contributed by atoms with E-state index in [0.717, 1.165) is 4.47 Å². The van der Waals surface area contributed by atoms with Gasteiger partial charge in [0.1, 0.15) is 0 Å². The van der Waals surface area contributed by atoms with Crippen molar-refractivity contribution in [3.8, 4) is 17.2 Å². The molecule has 0 fully saturated rings. The van der Waals surface area contributed by atoms with Gasteiger partial charge in [0.15, 0.2) is 11.5 Å². The molecule has 2 N–H and O–H groups in total. The highest BCUT2D eigenvalue weighted by Gasteiger charge is 2.14. The molecule has 0 saturated heterocycles. The van der Waals surface area contributed by atoms with Crippen LogP contribution in [0.25, 0.3) is 0 Å². The number of carbonyl (C=O) groups is 2. The summed E-state index contributed by atoms with van der Waals surface area (Å²) >= 11 is 3.29. The first-order valence-electron chi connectivity index (χ1n) is 7.68. The van der Waals surface area contributed by atoms with E-state index >= 15 is 0 Å². The Morgan fingerprint density at radius 3 is 2.22 bits per heavy atom. The number of methoxy groups -OCH3 is 3. The van der Waals surface area contributed by atoms with E-state index in [-0.39, 0.29) is 0 Å². The lowest BCUT2D eigenvalue weighted by molar-refractivity contribution is -0.136. The fraction of sp³-hybridized carbons (Fsp3) is 0.167. The zero-order chi connectivity index (χ0) is 19.8. The second kappa shape index (κ2) is 9.58. The fourth-order valence-electron chi connectivity index (χ4n) is 2.15. The molecule has 0 aliphatic rings. The molecule has 0 spiro atoms. The molecule has 0 bridgehead atoms. The summed E-state index contributed by atoms with van der Waals surface area (Å²) in [7, 11) is 4.48. The number of hydrogen-bond donors (Lipinski definition) is 2. The summed E-state index contributed by atoms with van der Waals surface area (Å²) in [6, 6.07) is 10.2. The van der Waals surface area contributed by atoms with Crippen molar-refractivity contribution in [2.75, 3.05) is 26.6 Å². The average Bonchev–Trinajstić information content (AvgIpc) is 2.66. The van der Waals surface area contributed by atoms with Gasteiger partial charge in [-0.05, 0) is 30.3 Å². The minimum atomic E-state index is -0.904. The minimum absolute atomic E-state index is 0.439. The number of halogens is 1. The molecule has 2 aromatic carbocycles. The lowest BCUT2D eigenvalue weighted by Gasteiger charge is -2.12. The first kappa shape index (κ1) is 20.2. The summed E-state index contributed by atoms with van der Waals surface area (Å²) in [5.41, 5.74) is 3.23. The number of benzene rings is 2. The number of nitrogens with zero attached hydrogens (tertiary/aromatic N) is 1. The zero-order valence-corrected chi connectivity index (χ0v) is 16.5. The average molecular weight is 436 g/mol. The number of amides is 2. The van der Waals surface area contributed by atoms with E-state index in [1.54, 1.807) is 36.4 Å². The Hall–Kier alpha value is -3.07. The number of ether oxygens (including phenoxy) is 3. The summed E-state index contributed by atoms with van der Waals surface area (Å²) < 4.78 is 16.5. The van der Waals surface area contributed by atoms with E-state index in [2.05, 4.69) is 31.8 Å². The van der Waals surface area contributed by atoms with Crippen molar-refractivity contribution < 1.29 is 23.8 Å². The van der Waals surface area contributed by atoms with Crippen molar-refractivity contribution in [2.24, 2.45) is 5.10 Å². The van der Waals surface area contributed by atoms with Crippen LogP contribution in [0.4, 0.5) is 5.69 Å². The summed E-state index contributed by atoms with van der Waals surface area (Å²) in [5.74, 6) is -0.419. The standard InChI is InChI=1S/C18H18BrN3O5/c1-25-14-7-11(8-15(26-2)16(14)27-3)10-20-22-18(24)17(23)21-13-6-4-5-12(19)9-13/h4-10H,1-3H3,(H,21,23)(H,22,24)/b20-10-. The zero-order valence-electron chi connectivity index (χ0n) is 14.9. The van der Waals surface area contributed by atoms with Crippen LogP contribution in [0.1, 0.15) is 5.56 Å². The summed E-state index contributed by atoms with van der Waals surface area (Å²) in [4.78, 5) is 23.7. The van der Waals surface area contributed by atoms with Crippen LogP contribution in [0.15, 0.2) is 46.0 Å². The number of carbonyl (C=O) groups excluding carboxylic acids is 2. The third-order valence-corrected chi connectivity index (χ3v) is 3.85. The molecule has 2 aromatic rings. The van der Waals surface area contributed by atoms with E-state index < -0.39 is 11.8 Å². The van der Waals surface area contributed by atoms with Gasteiger partial charge in [-0.3, -0.25) is 9.59 Å². The van der Waals surface area contributed by atoms with Gasteiger partial charge in [0.05, 0.1) is 27.5 Å². The van der Waals surface area contributed by atoms with Gasteiger partial charge in [-0.25, -0.2) is 5.43 Å². The lowest BCUT2D eigenvalue weighted by Crippen LogP contribution is -2.32. The largest absolute Gasteiger partial charge is 0.493 e. The lowest BCUT2D eigenvalue weighted by atomic mass is 10.2. The van der Waals surface area contributed by atoms with E-state index in [4.69, 9.17) is 14.2 Å². The molecular weight excluding hydrogens is 418 g/mol. The smallest absolute Gasteiger partial charge is 0.329 e. The van der Waals surface area contributed by atoms with Crippen LogP contribution in [-0.2, 0) is 9.59 Å². The van der Waals surface area contributed by atoms with Gasteiger partial charge in [-0.1, -0.05) is 22.0 Å². The molecule has 9 heteroatoms. The monoisotopic (exact) mass is 435 g/mol. The van der Waals surface area contributed by atoms with E-state index in [0.29, 0.717) is 28.5 Å². The minimum Gasteiger partial charge on any atom is -0.493 e. The third-order valence-electron chi connectivity index (χ3n) is 3.36. The van der Waals surface area contributed by atoms with E-state index in [1.807, 2.05) is 0 Å². The van der Waals surface area contributed by atoms with Crippen molar-refractivity contribution in [1.29, 1.82) is 0 Å². The van der Waals surface area contributed by atoms with Crippen LogP contribution in [0.2, 0.25) is 0 Å². The fourth-order valence-corrected chi connectivity index (χ4v) is 2.55. The van der Waals surface area contributed by atoms with Gasteiger partial charge < -0.3 is 19.5 Å². The molecule has 0 radical (unpaired) electrons. The molecule has 0 aromatic heterocycles. The Labute approximate surface area is 164 Å². The molecule has 0 saturated carbocycles. The van der Waals surface area contributed by atoms with Crippen LogP contribution in [0.3, 0.4) is 0 Å². The van der Waals surface area contributed by atoms with Gasteiger partial charge in [0.25, 0.3) is 0 Å². The van der Waals surface area contributed by atoms with Gasteiger partial charge in [0, 0.05) is 15.7 Å². The molecule has 0 unspecified atom stereocenters. The maximum atomic E-state index is 11.9. The Morgan fingerprint density at radius 1 is 1.00 bits per heavy atom. The van der Waals surface area contributed by atoms with Gasteiger partial charge in [-0.2, -0.15) is 5.10 Å². The predicted octanol–water partition coefficient (Wildman–Crippen LogP) is 2.56. The van der Waals surface area contributed by atoms with Gasteiger partial charge in [0.2, 0.25) is 5.75 Å². The second-order valence-corrected chi connectivity index (χ2v) is 6.04.